The number of pyridine rings is 1. The normalized spacial score (nSPS) is 19.8. The fourth-order valence-corrected chi connectivity index (χ4v) is 2.19. The molecule has 1 aromatic rings. The minimum atomic E-state index is -0.346. The van der Waals surface area contributed by atoms with Crippen LogP contribution in [-0.2, 0) is 0 Å². The van der Waals surface area contributed by atoms with Crippen LogP contribution in [0.25, 0.3) is 5.57 Å². The van der Waals surface area contributed by atoms with Crippen molar-refractivity contribution in [2.45, 2.75) is 33.1 Å². The highest BCUT2D eigenvalue weighted by Gasteiger charge is 2.22. The predicted octanol–water partition coefficient (Wildman–Crippen LogP) is 3.81. The van der Waals surface area contributed by atoms with E-state index in [1.165, 1.54) is 12.6 Å². The molecule has 80 valence electrons. The first-order valence-electron chi connectivity index (χ1n) is 5.41. The van der Waals surface area contributed by atoms with Crippen LogP contribution in [0, 0.1) is 11.4 Å². The Morgan fingerprint density at radius 3 is 2.87 bits per heavy atom. The average molecular weight is 205 g/mol. The number of allylic oxidation sites excluding steroid dienone is 2. The Morgan fingerprint density at radius 2 is 2.20 bits per heavy atom. The maximum Gasteiger partial charge on any atom is 0.220 e. The van der Waals surface area contributed by atoms with E-state index in [4.69, 9.17) is 0 Å². The lowest BCUT2D eigenvalue weighted by Crippen LogP contribution is -2.13. The minimum Gasteiger partial charge on any atom is -0.228 e. The number of hydrogen-bond donors (Lipinski definition) is 0. The lowest BCUT2D eigenvalue weighted by molar-refractivity contribution is 0.410. The average Bonchev–Trinajstić information content (AvgIpc) is 2.17. The fraction of sp³-hybridized carbons (Fsp3) is 0.462. The standard InChI is InChI=1S/C13H16FN/c1-13(2)7-3-5-10(9-13)11-6-4-8-15-12(11)14/h4,6,8-9H,3,5,7H2,1-2H3. The molecular formula is C13H16FN. The van der Waals surface area contributed by atoms with Gasteiger partial charge in [-0.2, -0.15) is 4.39 Å². The highest BCUT2D eigenvalue weighted by atomic mass is 19.1. The summed E-state index contributed by atoms with van der Waals surface area (Å²) in [5, 5.41) is 0. The zero-order valence-electron chi connectivity index (χ0n) is 9.26. The molecule has 1 aromatic heterocycles. The number of nitrogens with zero attached hydrogens (tertiary/aromatic N) is 1. The van der Waals surface area contributed by atoms with E-state index < -0.39 is 0 Å². The summed E-state index contributed by atoms with van der Waals surface area (Å²) in [5.74, 6) is -0.346. The van der Waals surface area contributed by atoms with Crippen molar-refractivity contribution in [1.29, 1.82) is 0 Å². The Bertz CT molecular complexity index is 393. The summed E-state index contributed by atoms with van der Waals surface area (Å²) in [4.78, 5) is 3.69. The van der Waals surface area contributed by atoms with E-state index in [0.29, 0.717) is 5.56 Å². The molecule has 0 bridgehead atoms. The molecule has 0 N–H and O–H groups in total. The first kappa shape index (κ1) is 10.3. The molecule has 0 saturated heterocycles. The van der Waals surface area contributed by atoms with Crippen molar-refractivity contribution < 1.29 is 4.39 Å². The van der Waals surface area contributed by atoms with Gasteiger partial charge in [-0.25, -0.2) is 4.98 Å². The third-order valence-electron chi connectivity index (χ3n) is 2.94. The van der Waals surface area contributed by atoms with Gasteiger partial charge in [-0.3, -0.25) is 0 Å². The Hall–Kier alpha value is -1.18. The van der Waals surface area contributed by atoms with Crippen molar-refractivity contribution in [3.63, 3.8) is 0 Å². The van der Waals surface area contributed by atoms with Gasteiger partial charge in [0.25, 0.3) is 0 Å². The van der Waals surface area contributed by atoms with Gasteiger partial charge in [0.15, 0.2) is 0 Å². The van der Waals surface area contributed by atoms with Crippen molar-refractivity contribution in [1.82, 2.24) is 4.98 Å². The van der Waals surface area contributed by atoms with Crippen LogP contribution in [0.4, 0.5) is 4.39 Å². The van der Waals surface area contributed by atoms with Gasteiger partial charge in [0.1, 0.15) is 0 Å². The van der Waals surface area contributed by atoms with E-state index in [2.05, 4.69) is 24.9 Å². The van der Waals surface area contributed by atoms with Crippen molar-refractivity contribution >= 4 is 5.57 Å². The Balaban J connectivity index is 2.40. The first-order chi connectivity index (χ1) is 7.08. The second-order valence-corrected chi connectivity index (χ2v) is 4.85. The molecule has 0 unspecified atom stereocenters. The lowest BCUT2D eigenvalue weighted by Gasteiger charge is -2.27. The van der Waals surface area contributed by atoms with E-state index in [-0.39, 0.29) is 11.4 Å². The molecule has 0 radical (unpaired) electrons. The Morgan fingerprint density at radius 1 is 1.40 bits per heavy atom. The summed E-state index contributed by atoms with van der Waals surface area (Å²) in [7, 11) is 0. The van der Waals surface area contributed by atoms with Crippen molar-refractivity contribution in [2.24, 2.45) is 5.41 Å². The van der Waals surface area contributed by atoms with E-state index >= 15 is 0 Å². The molecule has 0 amide bonds. The number of rotatable bonds is 1. The lowest BCUT2D eigenvalue weighted by atomic mass is 9.78. The van der Waals surface area contributed by atoms with Gasteiger partial charge in [0.05, 0.1) is 0 Å². The van der Waals surface area contributed by atoms with Gasteiger partial charge in [0, 0.05) is 11.8 Å². The van der Waals surface area contributed by atoms with Crippen LogP contribution in [-0.4, -0.2) is 4.98 Å². The molecule has 0 fully saturated rings. The zero-order valence-corrected chi connectivity index (χ0v) is 9.26. The summed E-state index contributed by atoms with van der Waals surface area (Å²) in [6.45, 7) is 4.39. The molecule has 0 aromatic carbocycles. The van der Waals surface area contributed by atoms with Gasteiger partial charge in [0.2, 0.25) is 5.95 Å². The van der Waals surface area contributed by atoms with Crippen LogP contribution < -0.4 is 0 Å². The molecule has 0 aliphatic heterocycles. The Kier molecular flexibility index (Phi) is 2.59. The number of hydrogen-bond acceptors (Lipinski definition) is 1. The third kappa shape index (κ3) is 2.25. The molecule has 1 aliphatic carbocycles. The molecular weight excluding hydrogens is 189 g/mol. The minimum absolute atomic E-state index is 0.190. The molecule has 1 nitrogen and oxygen atoms in total. The third-order valence-corrected chi connectivity index (χ3v) is 2.94. The van der Waals surface area contributed by atoms with Crippen LogP contribution in [0.1, 0.15) is 38.7 Å². The van der Waals surface area contributed by atoms with E-state index in [1.807, 2.05) is 6.07 Å². The SMILES string of the molecule is CC1(C)C=C(c2cccnc2F)CCC1. The number of aromatic nitrogens is 1. The summed E-state index contributed by atoms with van der Waals surface area (Å²) in [5.41, 5.74) is 1.97. The van der Waals surface area contributed by atoms with E-state index in [0.717, 1.165) is 18.4 Å². The maximum absolute atomic E-state index is 13.5. The molecule has 0 atom stereocenters. The smallest absolute Gasteiger partial charge is 0.220 e. The van der Waals surface area contributed by atoms with Crippen LogP contribution in [0.15, 0.2) is 24.4 Å². The first-order valence-corrected chi connectivity index (χ1v) is 5.41. The van der Waals surface area contributed by atoms with Gasteiger partial charge < -0.3 is 0 Å². The van der Waals surface area contributed by atoms with Gasteiger partial charge in [-0.1, -0.05) is 19.9 Å². The predicted molar refractivity (Wildman–Crippen MR) is 59.8 cm³/mol. The summed E-state index contributed by atoms with van der Waals surface area (Å²) in [6.07, 6.45) is 6.96. The van der Waals surface area contributed by atoms with Crippen molar-refractivity contribution in [3.8, 4) is 0 Å². The van der Waals surface area contributed by atoms with Crippen molar-refractivity contribution in [3.05, 3.63) is 35.9 Å². The summed E-state index contributed by atoms with van der Waals surface area (Å²) >= 11 is 0. The molecule has 2 heteroatoms. The second kappa shape index (κ2) is 3.76. The van der Waals surface area contributed by atoms with Gasteiger partial charge >= 0.3 is 0 Å². The van der Waals surface area contributed by atoms with Crippen LogP contribution in [0.5, 0.6) is 0 Å². The maximum atomic E-state index is 13.5. The molecule has 1 aliphatic rings. The van der Waals surface area contributed by atoms with E-state index in [1.54, 1.807) is 6.07 Å². The molecule has 15 heavy (non-hydrogen) atoms. The molecule has 1 heterocycles. The molecule has 2 rings (SSSR count). The summed E-state index contributed by atoms with van der Waals surface area (Å²) < 4.78 is 13.5. The second-order valence-electron chi connectivity index (χ2n) is 4.85. The topological polar surface area (TPSA) is 12.9 Å². The highest BCUT2D eigenvalue weighted by molar-refractivity contribution is 5.66. The van der Waals surface area contributed by atoms with Crippen LogP contribution >= 0.6 is 0 Å². The number of halogens is 1. The van der Waals surface area contributed by atoms with Gasteiger partial charge in [-0.05, 0) is 42.4 Å². The monoisotopic (exact) mass is 205 g/mol. The quantitative estimate of drug-likeness (QED) is 0.635. The zero-order chi connectivity index (χ0) is 10.9. The fourth-order valence-electron chi connectivity index (χ4n) is 2.19. The van der Waals surface area contributed by atoms with Crippen LogP contribution in [0.2, 0.25) is 0 Å². The molecule has 0 spiro atoms. The Labute approximate surface area is 90.0 Å². The molecule has 0 saturated carbocycles. The largest absolute Gasteiger partial charge is 0.228 e. The van der Waals surface area contributed by atoms with Gasteiger partial charge in [-0.15, -0.1) is 0 Å². The van der Waals surface area contributed by atoms with Crippen LogP contribution in [0.3, 0.4) is 0 Å². The highest BCUT2D eigenvalue weighted by Crippen LogP contribution is 2.37. The van der Waals surface area contributed by atoms with E-state index in [9.17, 15) is 4.39 Å². The van der Waals surface area contributed by atoms with Crippen molar-refractivity contribution in [2.75, 3.05) is 0 Å². The summed E-state index contributed by atoms with van der Waals surface area (Å²) in [6, 6.07) is 3.61.